The Morgan fingerprint density at radius 1 is 1.25 bits per heavy atom. The topological polar surface area (TPSA) is 56.3 Å². The number of aromatic nitrogens is 2. The third-order valence-electron chi connectivity index (χ3n) is 3.07. The van der Waals surface area contributed by atoms with Crippen LogP contribution in [0, 0.1) is 0 Å². The number of hydrogen-bond donors (Lipinski definition) is 1. The van der Waals surface area contributed by atoms with Crippen LogP contribution in [0.2, 0.25) is 0 Å². The first-order valence-electron chi connectivity index (χ1n) is 6.33. The Labute approximate surface area is 121 Å². The van der Waals surface area contributed by atoms with E-state index in [4.69, 9.17) is 9.47 Å². The maximum Gasteiger partial charge on any atom is 0.231 e. The molecule has 3 rings (SSSR count). The minimum absolute atomic E-state index is 0.207. The van der Waals surface area contributed by atoms with Gasteiger partial charge in [-0.2, -0.15) is 0 Å². The predicted molar refractivity (Wildman–Crippen MR) is 77.1 cm³/mol. The fourth-order valence-corrected chi connectivity index (χ4v) is 2.94. The first-order chi connectivity index (χ1) is 9.86. The van der Waals surface area contributed by atoms with Gasteiger partial charge in [-0.3, -0.25) is 0 Å². The van der Waals surface area contributed by atoms with Crippen LogP contribution in [-0.2, 0) is 0 Å². The van der Waals surface area contributed by atoms with Crippen molar-refractivity contribution in [2.75, 3.05) is 19.6 Å². The summed E-state index contributed by atoms with van der Waals surface area (Å²) in [6.07, 6.45) is 3.51. The average Bonchev–Trinajstić information content (AvgIpc) is 2.96. The molecule has 1 N–H and O–H groups in total. The van der Waals surface area contributed by atoms with Gasteiger partial charge in [0.2, 0.25) is 6.79 Å². The van der Waals surface area contributed by atoms with Gasteiger partial charge in [-0.25, -0.2) is 9.97 Å². The molecule has 0 amide bonds. The van der Waals surface area contributed by atoms with Gasteiger partial charge in [-0.15, -0.1) is 0 Å². The van der Waals surface area contributed by atoms with Crippen molar-refractivity contribution in [2.45, 2.75) is 11.2 Å². The molecule has 0 spiro atoms. The third kappa shape index (κ3) is 2.86. The van der Waals surface area contributed by atoms with Crippen LogP contribution in [0.5, 0.6) is 11.5 Å². The van der Waals surface area contributed by atoms with Crippen LogP contribution in [0.4, 0.5) is 0 Å². The molecule has 0 saturated carbocycles. The molecule has 0 saturated heterocycles. The van der Waals surface area contributed by atoms with Crippen molar-refractivity contribution >= 4 is 11.8 Å². The molecule has 0 aliphatic carbocycles. The highest BCUT2D eigenvalue weighted by Gasteiger charge is 2.17. The molecule has 104 valence electrons. The van der Waals surface area contributed by atoms with E-state index in [1.807, 2.05) is 25.2 Å². The third-order valence-corrected chi connectivity index (χ3v) is 4.04. The predicted octanol–water partition coefficient (Wildman–Crippen LogP) is 2.26. The Morgan fingerprint density at radius 2 is 2.05 bits per heavy atom. The van der Waals surface area contributed by atoms with Gasteiger partial charge in [-0.1, -0.05) is 17.8 Å². The highest BCUT2D eigenvalue weighted by Crippen LogP contribution is 2.35. The molecule has 2 aromatic rings. The van der Waals surface area contributed by atoms with E-state index in [1.165, 1.54) is 5.56 Å². The number of hydrogen-bond acceptors (Lipinski definition) is 6. The average molecular weight is 289 g/mol. The molecule has 6 heteroatoms. The molecule has 2 heterocycles. The highest BCUT2D eigenvalue weighted by atomic mass is 32.2. The minimum atomic E-state index is 0.207. The standard InChI is InChI=1S/C14H15N3O2S/c1-15-11(8-20-14-16-5-2-6-17-14)10-3-4-12-13(7-10)19-9-18-12/h2-7,11,15H,8-9H2,1H3. The number of ether oxygens (including phenoxy) is 2. The zero-order chi connectivity index (χ0) is 13.8. The van der Waals surface area contributed by atoms with E-state index in [0.717, 1.165) is 22.4 Å². The molecule has 20 heavy (non-hydrogen) atoms. The smallest absolute Gasteiger partial charge is 0.231 e. The van der Waals surface area contributed by atoms with Crippen molar-refractivity contribution < 1.29 is 9.47 Å². The summed E-state index contributed by atoms with van der Waals surface area (Å²) >= 11 is 1.62. The van der Waals surface area contributed by atoms with Crippen molar-refractivity contribution in [3.05, 3.63) is 42.2 Å². The van der Waals surface area contributed by atoms with Gasteiger partial charge < -0.3 is 14.8 Å². The van der Waals surface area contributed by atoms with Crippen LogP contribution in [0.25, 0.3) is 0 Å². The number of rotatable bonds is 5. The van der Waals surface area contributed by atoms with Crippen molar-refractivity contribution in [1.82, 2.24) is 15.3 Å². The number of nitrogens with one attached hydrogen (secondary N) is 1. The zero-order valence-electron chi connectivity index (χ0n) is 11.1. The number of thioether (sulfide) groups is 1. The summed E-state index contributed by atoms with van der Waals surface area (Å²) in [5.41, 5.74) is 1.17. The summed E-state index contributed by atoms with van der Waals surface area (Å²) < 4.78 is 10.7. The largest absolute Gasteiger partial charge is 0.454 e. The number of benzene rings is 1. The molecule has 0 radical (unpaired) electrons. The van der Waals surface area contributed by atoms with Gasteiger partial charge in [-0.05, 0) is 30.8 Å². The van der Waals surface area contributed by atoms with Gasteiger partial charge in [0.1, 0.15) is 0 Å². The van der Waals surface area contributed by atoms with Gasteiger partial charge >= 0.3 is 0 Å². The lowest BCUT2D eigenvalue weighted by Gasteiger charge is -2.16. The monoisotopic (exact) mass is 289 g/mol. The van der Waals surface area contributed by atoms with Crippen molar-refractivity contribution in [2.24, 2.45) is 0 Å². The highest BCUT2D eigenvalue weighted by molar-refractivity contribution is 7.99. The summed E-state index contributed by atoms with van der Waals surface area (Å²) in [5, 5.41) is 4.09. The van der Waals surface area contributed by atoms with E-state index in [1.54, 1.807) is 24.2 Å². The first kappa shape index (κ1) is 13.2. The Balaban J connectivity index is 1.70. The van der Waals surface area contributed by atoms with E-state index in [2.05, 4.69) is 21.4 Å². The lowest BCUT2D eigenvalue weighted by molar-refractivity contribution is 0.174. The Morgan fingerprint density at radius 3 is 2.85 bits per heavy atom. The molecule has 1 unspecified atom stereocenters. The summed E-state index contributed by atoms with van der Waals surface area (Å²) in [6, 6.07) is 8.05. The van der Waals surface area contributed by atoms with Gasteiger partial charge in [0.05, 0.1) is 0 Å². The van der Waals surface area contributed by atoms with Crippen molar-refractivity contribution in [3.63, 3.8) is 0 Å². The van der Waals surface area contributed by atoms with Gasteiger partial charge in [0.15, 0.2) is 16.7 Å². The van der Waals surface area contributed by atoms with Gasteiger partial charge in [0, 0.05) is 24.2 Å². The van der Waals surface area contributed by atoms with Crippen LogP contribution in [0.1, 0.15) is 11.6 Å². The van der Waals surface area contributed by atoms with E-state index in [-0.39, 0.29) is 6.04 Å². The first-order valence-corrected chi connectivity index (χ1v) is 7.32. The van der Waals surface area contributed by atoms with Crippen molar-refractivity contribution in [1.29, 1.82) is 0 Å². The molecular weight excluding hydrogens is 274 g/mol. The summed E-state index contributed by atoms with van der Waals surface area (Å²) in [4.78, 5) is 8.43. The van der Waals surface area contributed by atoms with Crippen LogP contribution >= 0.6 is 11.8 Å². The SMILES string of the molecule is CNC(CSc1ncccn1)c1ccc2c(c1)OCO2. The summed E-state index contributed by atoms with van der Waals surface area (Å²) in [7, 11) is 1.95. The molecule has 1 aliphatic rings. The van der Waals surface area contributed by atoms with Crippen LogP contribution < -0.4 is 14.8 Å². The Bertz CT molecular complexity index is 580. The van der Waals surface area contributed by atoms with Crippen LogP contribution in [0.3, 0.4) is 0 Å². The van der Waals surface area contributed by atoms with E-state index in [9.17, 15) is 0 Å². The quantitative estimate of drug-likeness (QED) is 0.673. The molecule has 0 fully saturated rings. The second-order valence-corrected chi connectivity index (χ2v) is 5.28. The van der Waals surface area contributed by atoms with Crippen LogP contribution in [0.15, 0.2) is 41.8 Å². The van der Waals surface area contributed by atoms with Gasteiger partial charge in [0.25, 0.3) is 0 Å². The molecular formula is C14H15N3O2S. The Hall–Kier alpha value is -1.79. The second-order valence-electron chi connectivity index (χ2n) is 4.30. The molecule has 0 bridgehead atoms. The molecule has 1 atom stereocenters. The minimum Gasteiger partial charge on any atom is -0.454 e. The molecule has 1 aromatic heterocycles. The lowest BCUT2D eigenvalue weighted by atomic mass is 10.1. The fourth-order valence-electron chi connectivity index (χ4n) is 1.99. The number of fused-ring (bicyclic) bond motifs is 1. The lowest BCUT2D eigenvalue weighted by Crippen LogP contribution is -2.18. The summed E-state index contributed by atoms with van der Waals surface area (Å²) in [6.45, 7) is 0.301. The Kier molecular flexibility index (Phi) is 4.03. The maximum atomic E-state index is 5.42. The molecule has 5 nitrogen and oxygen atoms in total. The maximum absolute atomic E-state index is 5.42. The van der Waals surface area contributed by atoms with E-state index in [0.29, 0.717) is 6.79 Å². The zero-order valence-corrected chi connectivity index (χ0v) is 11.9. The summed E-state index contributed by atoms with van der Waals surface area (Å²) in [5.74, 6) is 2.46. The molecule has 1 aliphatic heterocycles. The fraction of sp³-hybridized carbons (Fsp3) is 0.286. The van der Waals surface area contributed by atoms with Crippen molar-refractivity contribution in [3.8, 4) is 11.5 Å². The second kappa shape index (κ2) is 6.11. The van der Waals surface area contributed by atoms with E-state index < -0.39 is 0 Å². The van der Waals surface area contributed by atoms with Crippen LogP contribution in [-0.4, -0.2) is 29.6 Å². The van der Waals surface area contributed by atoms with E-state index >= 15 is 0 Å². The number of nitrogens with zero attached hydrogens (tertiary/aromatic N) is 2. The normalized spacial score (nSPS) is 14.2. The molecule has 1 aromatic carbocycles.